The Morgan fingerprint density at radius 1 is 0.281 bits per heavy atom. The lowest BCUT2D eigenvalue weighted by Gasteiger charge is -2.14. The highest BCUT2D eigenvalue weighted by Gasteiger charge is 2.26. The molecule has 14 aromatic heterocycles. The van der Waals surface area contributed by atoms with E-state index < -0.39 is 0 Å². The second kappa shape index (κ2) is 43.2. The third-order valence-corrected chi connectivity index (χ3v) is 29.5. The van der Waals surface area contributed by atoms with Gasteiger partial charge in [0.1, 0.15) is 49.4 Å². The first-order valence-corrected chi connectivity index (χ1v) is 51.0. The molecule has 1 aliphatic heterocycles. The van der Waals surface area contributed by atoms with Crippen LogP contribution in [0.25, 0.3) is 83.0 Å². The predicted molar refractivity (Wildman–Crippen MR) is 578 cm³/mol. The van der Waals surface area contributed by atoms with E-state index in [9.17, 15) is 24.0 Å². The van der Waals surface area contributed by atoms with Crippen LogP contribution in [0.4, 0.5) is 0 Å². The summed E-state index contributed by atoms with van der Waals surface area (Å²) in [4.78, 5) is 80.7. The van der Waals surface area contributed by atoms with Crippen LogP contribution in [-0.2, 0) is 139 Å². The number of halogens is 1. The number of pyridine rings is 9. The summed E-state index contributed by atoms with van der Waals surface area (Å²) in [7, 11) is 10.7. The van der Waals surface area contributed by atoms with Crippen molar-refractivity contribution in [1.82, 2.24) is 70.9 Å². The van der Waals surface area contributed by atoms with Crippen molar-refractivity contribution in [3.63, 3.8) is 0 Å². The molecule has 24 nitrogen and oxygen atoms in total. The summed E-state index contributed by atoms with van der Waals surface area (Å²) in [6.45, 7) is 3.19. The Kier molecular flexibility index (Phi) is 28.4. The summed E-state index contributed by atoms with van der Waals surface area (Å²) >= 11 is 5.85. The lowest BCUT2D eigenvalue weighted by atomic mass is 9.95. The van der Waals surface area contributed by atoms with Crippen LogP contribution in [0, 0.1) is 0 Å². The fourth-order valence-electron chi connectivity index (χ4n) is 21.7. The number of hydrogen-bond acceptors (Lipinski definition) is 14. The van der Waals surface area contributed by atoms with E-state index in [1.54, 1.807) is 96.7 Å². The SMILES string of the molecule is Cn1c2c(c3ccc(-n4ccc(CCc5ccccc5)cc4=O)cc31)CCCC2.Cn1c2c(c3ccc(-n4ccc(OCc5ccc(Cl)cn5)cc4=O)cc31)CCCC2.Cn1c2c(c3ccc(-n4ccc(OCc5ccccn5)cc4=O)cc31)CCCC2.Cn1c2c(c3ccc(-n4ccc(OCc5ccccn5)cc4=O)cc31)CCCC2.Cn1c2c(c3ccc(-n4ccc(OCc5ccccn5)cc4=O)cc31)CNCC2. The molecule has 0 unspecified atom stereocenters. The zero-order valence-corrected chi connectivity index (χ0v) is 83.6. The molecule has 1 N–H and O–H groups in total. The van der Waals surface area contributed by atoms with Crippen molar-refractivity contribution in [2.45, 2.75) is 155 Å². The van der Waals surface area contributed by atoms with Gasteiger partial charge in [-0.3, -0.25) is 66.7 Å². The summed E-state index contributed by atoms with van der Waals surface area (Å²) in [5.41, 5.74) is 30.0. The van der Waals surface area contributed by atoms with Crippen LogP contribution in [0.5, 0.6) is 23.0 Å². The lowest BCUT2D eigenvalue weighted by molar-refractivity contribution is 0.300. The molecule has 6 aromatic carbocycles. The number of fused-ring (bicyclic) bond motifs is 15. The van der Waals surface area contributed by atoms with Gasteiger partial charge in [0.15, 0.2) is 0 Å². The fraction of sp³-hybridized carbons (Fsp3) is 0.248. The van der Waals surface area contributed by atoms with E-state index in [2.05, 4.69) is 180 Å². The van der Waals surface area contributed by atoms with Gasteiger partial charge < -0.3 is 47.1 Å². The second-order valence-corrected chi connectivity index (χ2v) is 38.7. The lowest BCUT2D eigenvalue weighted by Crippen LogP contribution is -2.24. The van der Waals surface area contributed by atoms with E-state index in [-0.39, 0.29) is 34.4 Å². The van der Waals surface area contributed by atoms with Gasteiger partial charge in [0.25, 0.3) is 27.8 Å². The molecule has 25 rings (SSSR count). The maximum absolute atomic E-state index is 12.8. The van der Waals surface area contributed by atoms with Crippen molar-refractivity contribution >= 4 is 66.1 Å². The molecule has 0 amide bonds. The number of hydrogen-bond donors (Lipinski definition) is 1. The average molecular weight is 1960 g/mol. The molecule has 5 aliphatic rings. The maximum atomic E-state index is 12.8. The van der Waals surface area contributed by atoms with Gasteiger partial charge in [-0.05, 0) is 294 Å². The van der Waals surface area contributed by atoms with Crippen LogP contribution in [0.3, 0.4) is 0 Å². The van der Waals surface area contributed by atoms with Gasteiger partial charge in [0.05, 0.1) is 83.8 Å². The average Bonchev–Trinajstić information content (AvgIpc) is 1.63. The topological polar surface area (TPSA) is 235 Å². The molecular weight excluding hydrogens is 1840 g/mol. The van der Waals surface area contributed by atoms with Crippen LogP contribution in [-0.4, -0.2) is 72.2 Å². The Balaban J connectivity index is 0.000000107. The van der Waals surface area contributed by atoms with Crippen LogP contribution >= 0.6 is 11.6 Å². The van der Waals surface area contributed by atoms with E-state index in [4.69, 9.17) is 30.5 Å². The van der Waals surface area contributed by atoms with Crippen molar-refractivity contribution in [1.29, 1.82) is 0 Å². The van der Waals surface area contributed by atoms with Crippen molar-refractivity contribution < 1.29 is 18.9 Å². The minimum atomic E-state index is -0.130. The van der Waals surface area contributed by atoms with Crippen LogP contribution in [0.1, 0.15) is 142 Å². The molecule has 20 aromatic rings. The molecule has 0 saturated carbocycles. The van der Waals surface area contributed by atoms with Gasteiger partial charge >= 0.3 is 0 Å². The second-order valence-electron chi connectivity index (χ2n) is 38.3. The Morgan fingerprint density at radius 3 is 0.884 bits per heavy atom. The standard InChI is InChI=1S/C26H26N2O.C24H22ClN3O2.2C24H23N3O2.C23H22N4O2/c1-27-24-10-6-5-9-22(24)23-14-13-21(18-25(23)27)28-16-15-20(17-26(28)29)12-11-19-7-3-2-4-8-19;1-27-22-5-3-2-4-20(22)21-9-8-18(12-23(21)27)28-11-10-19(13-24(28)29)30-15-17-7-6-16(25)14-26-17;2*1-26-22-8-3-2-7-20(22)21-10-9-18(14-23(21)26)27-13-11-19(15-24(27)28)29-16-17-6-4-5-12-25-17;1-26-21-7-10-24-14-20(21)19-6-5-17(12-22(19)26)27-11-8-18(13-23(27)28)29-15-16-4-2-3-9-25-16/h2-4,7-8,13-18H,5-6,9-12H2,1H3;6-14H,2-5,15H2,1H3;2*4-6,9-15H,2-3,7-8,16H2,1H3;2-6,8-9,11-13,24H,7,10,14-15H2,1H3. The summed E-state index contributed by atoms with van der Waals surface area (Å²) < 4.78 is 42.8. The molecule has 0 spiro atoms. The van der Waals surface area contributed by atoms with Crippen molar-refractivity contribution in [3.05, 3.63) is 451 Å². The highest BCUT2D eigenvalue weighted by molar-refractivity contribution is 6.30. The molecule has 146 heavy (non-hydrogen) atoms. The molecule has 0 bridgehead atoms. The predicted octanol–water partition coefficient (Wildman–Crippen LogP) is 21.1. The number of ether oxygens (including phenoxy) is 4. The summed E-state index contributed by atoms with van der Waals surface area (Å²) in [5, 5.41) is 10.6. The Bertz CT molecular complexity index is 7750. The van der Waals surface area contributed by atoms with Crippen molar-refractivity contribution in [2.24, 2.45) is 35.2 Å². The molecule has 25 heteroatoms. The first kappa shape index (κ1) is 96.0. The molecule has 0 saturated heterocycles. The van der Waals surface area contributed by atoms with Gasteiger partial charge in [0.2, 0.25) is 0 Å². The zero-order chi connectivity index (χ0) is 99.8. The molecule has 4 aliphatic carbocycles. The monoisotopic (exact) mass is 1960 g/mol. The summed E-state index contributed by atoms with van der Waals surface area (Å²) in [6, 6.07) is 79.8. The maximum Gasteiger partial charge on any atom is 0.258 e. The van der Waals surface area contributed by atoms with Crippen molar-refractivity contribution in [2.75, 3.05) is 6.54 Å². The third-order valence-electron chi connectivity index (χ3n) is 29.3. The van der Waals surface area contributed by atoms with Crippen LogP contribution < -0.4 is 52.1 Å². The normalized spacial score (nSPS) is 13.4. The Labute approximate surface area is 850 Å². The van der Waals surface area contributed by atoms with Gasteiger partial charge in [-0.2, -0.15) is 0 Å². The van der Waals surface area contributed by atoms with Crippen LogP contribution in [0.2, 0.25) is 5.02 Å². The van der Waals surface area contributed by atoms with E-state index in [1.807, 2.05) is 109 Å². The van der Waals surface area contributed by atoms with Crippen LogP contribution in [0.15, 0.2) is 328 Å². The first-order chi connectivity index (χ1) is 71.4. The minimum Gasteiger partial charge on any atom is -0.487 e. The minimum absolute atomic E-state index is 0.0360. The smallest absolute Gasteiger partial charge is 0.258 e. The number of nitrogens with zero attached hydrogens (tertiary/aromatic N) is 14. The highest BCUT2D eigenvalue weighted by Crippen LogP contribution is 2.39. The molecule has 736 valence electrons. The number of rotatable bonds is 20. The largest absolute Gasteiger partial charge is 0.487 e. The van der Waals surface area contributed by atoms with Gasteiger partial charge in [-0.15, -0.1) is 0 Å². The zero-order valence-electron chi connectivity index (χ0n) is 82.9. The fourth-order valence-corrected chi connectivity index (χ4v) is 21.8. The number of benzene rings is 6. The van der Waals surface area contributed by atoms with E-state index in [0.29, 0.717) is 47.8 Å². The number of aryl methyl sites for hydroxylation is 11. The van der Waals surface area contributed by atoms with Gasteiger partial charge in [0, 0.05) is 196 Å². The van der Waals surface area contributed by atoms with Crippen molar-refractivity contribution in [3.8, 4) is 51.4 Å². The summed E-state index contributed by atoms with van der Waals surface area (Å²) in [6.07, 6.45) is 37.9. The van der Waals surface area contributed by atoms with Gasteiger partial charge in [-0.25, -0.2) is 0 Å². The third kappa shape index (κ3) is 20.6. The number of nitrogens with one attached hydrogen (secondary N) is 1. The van der Waals surface area contributed by atoms with E-state index in [1.165, 1.54) is 193 Å². The Hall–Kier alpha value is -16.2. The quantitative estimate of drug-likeness (QED) is 0.0747. The molecule has 0 radical (unpaired) electrons. The molecule has 0 fully saturated rings. The summed E-state index contributed by atoms with van der Waals surface area (Å²) in [5.74, 6) is 2.15. The first-order valence-electron chi connectivity index (χ1n) is 50.6. The van der Waals surface area contributed by atoms with Gasteiger partial charge in [-0.1, -0.05) is 90.5 Å². The molecule has 0 atom stereocenters. The molecular formula is C121H116ClN15O9. The highest BCUT2D eigenvalue weighted by atomic mass is 35.5. The number of aromatic nitrogens is 14. The van der Waals surface area contributed by atoms with E-state index in [0.717, 1.165) is 140 Å². The Morgan fingerprint density at radius 2 is 0.575 bits per heavy atom. The van der Waals surface area contributed by atoms with E-state index >= 15 is 0 Å². The molecule has 15 heterocycles.